The fourth-order valence-electron chi connectivity index (χ4n) is 3.85. The molecule has 3 aromatic rings. The van der Waals surface area contributed by atoms with Crippen LogP contribution in [0.15, 0.2) is 72.4 Å². The molecule has 1 aliphatic rings. The predicted octanol–water partition coefficient (Wildman–Crippen LogP) is 5.32. The number of aryl methyl sites for hydroxylation is 3. The molecule has 30 heavy (non-hydrogen) atoms. The Hall–Kier alpha value is -3.66. The first-order chi connectivity index (χ1) is 14.4. The Bertz CT molecular complexity index is 1190. The van der Waals surface area contributed by atoms with Gasteiger partial charge in [-0.1, -0.05) is 54.1 Å². The Morgan fingerprint density at radius 2 is 1.47 bits per heavy atom. The van der Waals surface area contributed by atoms with E-state index in [4.69, 9.17) is 0 Å². The third-order valence-corrected chi connectivity index (χ3v) is 5.60. The summed E-state index contributed by atoms with van der Waals surface area (Å²) in [5, 5.41) is 3.21. The first kappa shape index (κ1) is 19.6. The monoisotopic (exact) mass is 396 g/mol. The summed E-state index contributed by atoms with van der Waals surface area (Å²) in [4.78, 5) is 28.5. The maximum Gasteiger partial charge on any atom is 0.282 e. The Balaban J connectivity index is 1.89. The second-order valence-electron chi connectivity index (χ2n) is 7.72. The van der Waals surface area contributed by atoms with Gasteiger partial charge in [0.2, 0.25) is 0 Å². The van der Waals surface area contributed by atoms with E-state index in [2.05, 4.69) is 5.32 Å². The van der Waals surface area contributed by atoms with Crippen molar-refractivity contribution in [2.45, 2.75) is 27.7 Å². The Kier molecular flexibility index (Phi) is 5.00. The summed E-state index contributed by atoms with van der Waals surface area (Å²) in [5.41, 5.74) is 6.88. The van der Waals surface area contributed by atoms with Gasteiger partial charge in [0.05, 0.1) is 11.3 Å². The topological polar surface area (TPSA) is 49.4 Å². The maximum atomic E-state index is 13.6. The van der Waals surface area contributed by atoms with Crippen LogP contribution in [0.4, 0.5) is 11.4 Å². The fraction of sp³-hybridized carbons (Fsp3) is 0.154. The summed E-state index contributed by atoms with van der Waals surface area (Å²) in [6.45, 7) is 7.89. The summed E-state index contributed by atoms with van der Waals surface area (Å²) in [6.07, 6.45) is 0. The number of imide groups is 1. The van der Waals surface area contributed by atoms with Crippen LogP contribution < -0.4 is 10.2 Å². The van der Waals surface area contributed by atoms with Crippen molar-refractivity contribution in [1.29, 1.82) is 0 Å². The van der Waals surface area contributed by atoms with Crippen molar-refractivity contribution in [2.24, 2.45) is 0 Å². The average molecular weight is 396 g/mol. The highest BCUT2D eigenvalue weighted by Crippen LogP contribution is 2.36. The first-order valence-corrected chi connectivity index (χ1v) is 9.97. The van der Waals surface area contributed by atoms with E-state index in [1.54, 1.807) is 0 Å². The molecule has 0 saturated carbocycles. The number of amides is 2. The van der Waals surface area contributed by atoms with Gasteiger partial charge in [-0.25, -0.2) is 4.90 Å². The van der Waals surface area contributed by atoms with E-state index in [1.807, 2.05) is 94.4 Å². The van der Waals surface area contributed by atoms with Gasteiger partial charge in [0.1, 0.15) is 5.70 Å². The molecule has 0 atom stereocenters. The molecule has 4 heteroatoms. The molecule has 4 nitrogen and oxygen atoms in total. The third-order valence-electron chi connectivity index (χ3n) is 5.60. The molecule has 1 heterocycles. The molecule has 2 amide bonds. The largest absolute Gasteiger partial charge is 0.350 e. The van der Waals surface area contributed by atoms with Crippen LogP contribution in [0.3, 0.4) is 0 Å². The van der Waals surface area contributed by atoms with Crippen molar-refractivity contribution >= 4 is 28.8 Å². The van der Waals surface area contributed by atoms with Crippen molar-refractivity contribution in [3.63, 3.8) is 0 Å². The number of nitrogens with one attached hydrogen (secondary N) is 1. The Labute approximate surface area is 176 Å². The highest BCUT2D eigenvalue weighted by molar-refractivity contribution is 6.46. The number of anilines is 2. The molecule has 1 aliphatic heterocycles. The lowest BCUT2D eigenvalue weighted by Gasteiger charge is -2.19. The van der Waals surface area contributed by atoms with Crippen LogP contribution in [0.5, 0.6) is 0 Å². The summed E-state index contributed by atoms with van der Waals surface area (Å²) >= 11 is 0. The lowest BCUT2D eigenvalue weighted by molar-refractivity contribution is -0.120. The van der Waals surface area contributed by atoms with E-state index >= 15 is 0 Å². The van der Waals surface area contributed by atoms with Crippen LogP contribution in [-0.2, 0) is 9.59 Å². The number of rotatable bonds is 4. The zero-order valence-corrected chi connectivity index (χ0v) is 17.6. The van der Waals surface area contributed by atoms with Gasteiger partial charge in [0, 0.05) is 5.69 Å². The molecule has 0 unspecified atom stereocenters. The number of carbonyl (C=O) groups is 2. The van der Waals surface area contributed by atoms with Crippen molar-refractivity contribution < 1.29 is 9.59 Å². The van der Waals surface area contributed by atoms with E-state index in [1.165, 1.54) is 4.90 Å². The standard InChI is InChI=1S/C26H24N2O2/c1-16-13-14-21(18(3)15-16)23-24(27-20-10-6-5-7-11-20)26(30)28(25(23)29)22-12-8-9-17(2)19(22)4/h5-15,27H,1-4H3. The lowest BCUT2D eigenvalue weighted by atomic mass is 9.97. The molecule has 150 valence electrons. The molecular weight excluding hydrogens is 372 g/mol. The maximum absolute atomic E-state index is 13.6. The van der Waals surface area contributed by atoms with Crippen molar-refractivity contribution in [2.75, 3.05) is 10.2 Å². The second-order valence-corrected chi connectivity index (χ2v) is 7.72. The Morgan fingerprint density at radius 3 is 2.17 bits per heavy atom. The van der Waals surface area contributed by atoms with Gasteiger partial charge >= 0.3 is 0 Å². The van der Waals surface area contributed by atoms with E-state index in [-0.39, 0.29) is 11.8 Å². The Morgan fingerprint density at radius 1 is 0.733 bits per heavy atom. The van der Waals surface area contributed by atoms with E-state index in [9.17, 15) is 9.59 Å². The number of hydrogen-bond donors (Lipinski definition) is 1. The number of hydrogen-bond acceptors (Lipinski definition) is 3. The SMILES string of the molecule is Cc1ccc(C2=C(Nc3ccccc3)C(=O)N(c3cccc(C)c3C)C2=O)c(C)c1. The average Bonchev–Trinajstić information content (AvgIpc) is 2.95. The number of benzene rings is 3. The van der Waals surface area contributed by atoms with Crippen molar-refractivity contribution in [1.82, 2.24) is 0 Å². The number of para-hydroxylation sites is 1. The highest BCUT2D eigenvalue weighted by atomic mass is 16.2. The number of carbonyl (C=O) groups excluding carboxylic acids is 2. The second kappa shape index (κ2) is 7.64. The van der Waals surface area contributed by atoms with Crippen LogP contribution in [0, 0.1) is 27.7 Å². The van der Waals surface area contributed by atoms with Crippen LogP contribution in [0.2, 0.25) is 0 Å². The first-order valence-electron chi connectivity index (χ1n) is 9.97. The van der Waals surface area contributed by atoms with Crippen LogP contribution in [0.25, 0.3) is 5.57 Å². The summed E-state index contributed by atoms with van der Waals surface area (Å²) in [7, 11) is 0. The molecule has 0 aromatic heterocycles. The smallest absolute Gasteiger partial charge is 0.282 e. The van der Waals surface area contributed by atoms with Crippen LogP contribution >= 0.6 is 0 Å². The molecule has 1 N–H and O–H groups in total. The van der Waals surface area contributed by atoms with Crippen LogP contribution in [0.1, 0.15) is 27.8 Å². The van der Waals surface area contributed by atoms with Gasteiger partial charge in [0.25, 0.3) is 11.8 Å². The minimum Gasteiger partial charge on any atom is -0.350 e. The number of nitrogens with zero attached hydrogens (tertiary/aromatic N) is 1. The van der Waals surface area contributed by atoms with Gasteiger partial charge < -0.3 is 5.32 Å². The molecule has 0 radical (unpaired) electrons. The zero-order chi connectivity index (χ0) is 21.4. The van der Waals surface area contributed by atoms with Crippen LogP contribution in [-0.4, -0.2) is 11.8 Å². The predicted molar refractivity (Wildman–Crippen MR) is 121 cm³/mol. The minimum absolute atomic E-state index is 0.305. The van der Waals surface area contributed by atoms with E-state index in [0.717, 1.165) is 33.5 Å². The zero-order valence-electron chi connectivity index (χ0n) is 17.6. The quantitative estimate of drug-likeness (QED) is 0.608. The molecule has 3 aromatic carbocycles. The summed E-state index contributed by atoms with van der Waals surface area (Å²) < 4.78 is 0. The van der Waals surface area contributed by atoms with Gasteiger partial charge in [-0.15, -0.1) is 0 Å². The third kappa shape index (κ3) is 3.30. The van der Waals surface area contributed by atoms with E-state index < -0.39 is 0 Å². The lowest BCUT2D eigenvalue weighted by Crippen LogP contribution is -2.33. The minimum atomic E-state index is -0.340. The van der Waals surface area contributed by atoms with Crippen molar-refractivity contribution in [3.8, 4) is 0 Å². The normalized spacial score (nSPS) is 13.9. The molecule has 0 fully saturated rings. The molecular formula is C26H24N2O2. The summed E-state index contributed by atoms with van der Waals surface area (Å²) in [6, 6.07) is 21.0. The van der Waals surface area contributed by atoms with Gasteiger partial charge in [-0.2, -0.15) is 0 Å². The highest BCUT2D eigenvalue weighted by Gasteiger charge is 2.41. The van der Waals surface area contributed by atoms with E-state index in [0.29, 0.717) is 17.0 Å². The van der Waals surface area contributed by atoms with Gasteiger partial charge in [-0.3, -0.25) is 9.59 Å². The van der Waals surface area contributed by atoms with Gasteiger partial charge in [0.15, 0.2) is 0 Å². The molecule has 4 rings (SSSR count). The van der Waals surface area contributed by atoms with Crippen molar-refractivity contribution in [3.05, 3.63) is 100 Å². The fourth-order valence-corrected chi connectivity index (χ4v) is 3.85. The molecule has 0 saturated heterocycles. The molecule has 0 aliphatic carbocycles. The molecule has 0 spiro atoms. The molecule has 0 bridgehead atoms. The summed E-state index contributed by atoms with van der Waals surface area (Å²) in [5.74, 6) is -0.647. The van der Waals surface area contributed by atoms with Gasteiger partial charge in [-0.05, 0) is 68.1 Å².